The fourth-order valence-corrected chi connectivity index (χ4v) is 3.15. The van der Waals surface area contributed by atoms with Gasteiger partial charge in [0.2, 0.25) is 10.0 Å². The highest BCUT2D eigenvalue weighted by molar-refractivity contribution is 7.89. The number of nitrogens with one attached hydrogen (secondary N) is 3. The second-order valence-corrected chi connectivity index (χ2v) is 7.51. The molecule has 0 unspecified atom stereocenters. The van der Waals surface area contributed by atoms with E-state index in [0.29, 0.717) is 18.4 Å². The SMILES string of the molecule is CCNC(=NCC1CC1)NCCNS(=O)(=O)c1cccc([N+](=O)[O-])c1. The summed E-state index contributed by atoms with van der Waals surface area (Å²) in [6, 6.07) is 4.96. The quantitative estimate of drug-likeness (QED) is 0.195. The van der Waals surface area contributed by atoms with Crippen molar-refractivity contribution in [3.05, 3.63) is 34.4 Å². The number of hydrogen-bond donors (Lipinski definition) is 3. The molecular formula is C15H23N5O4S. The Morgan fingerprint density at radius 2 is 2.08 bits per heavy atom. The maximum absolute atomic E-state index is 12.2. The Balaban J connectivity index is 1.85. The molecule has 0 heterocycles. The first-order chi connectivity index (χ1) is 11.9. The minimum atomic E-state index is -3.80. The van der Waals surface area contributed by atoms with Crippen molar-refractivity contribution in [1.29, 1.82) is 0 Å². The molecule has 3 N–H and O–H groups in total. The zero-order chi connectivity index (χ0) is 18.3. The number of hydrogen-bond acceptors (Lipinski definition) is 5. The lowest BCUT2D eigenvalue weighted by Gasteiger charge is -2.12. The second-order valence-electron chi connectivity index (χ2n) is 5.74. The van der Waals surface area contributed by atoms with Gasteiger partial charge in [0.15, 0.2) is 5.96 Å². The lowest BCUT2D eigenvalue weighted by atomic mass is 10.3. The minimum Gasteiger partial charge on any atom is -0.357 e. The molecule has 1 aliphatic rings. The largest absolute Gasteiger partial charge is 0.357 e. The van der Waals surface area contributed by atoms with Crippen LogP contribution >= 0.6 is 0 Å². The van der Waals surface area contributed by atoms with Gasteiger partial charge in [0.25, 0.3) is 5.69 Å². The van der Waals surface area contributed by atoms with Crippen molar-refractivity contribution >= 4 is 21.7 Å². The Morgan fingerprint density at radius 3 is 2.72 bits per heavy atom. The van der Waals surface area contributed by atoms with Crippen LogP contribution in [0.15, 0.2) is 34.2 Å². The lowest BCUT2D eigenvalue weighted by molar-refractivity contribution is -0.385. The highest BCUT2D eigenvalue weighted by atomic mass is 32.2. The molecule has 138 valence electrons. The van der Waals surface area contributed by atoms with Gasteiger partial charge in [0.1, 0.15) is 0 Å². The van der Waals surface area contributed by atoms with E-state index < -0.39 is 14.9 Å². The van der Waals surface area contributed by atoms with Crippen LogP contribution in [0.25, 0.3) is 0 Å². The molecule has 0 spiro atoms. The molecule has 1 aromatic carbocycles. The molecule has 0 atom stereocenters. The van der Waals surface area contributed by atoms with Crippen molar-refractivity contribution in [2.45, 2.75) is 24.7 Å². The fourth-order valence-electron chi connectivity index (χ4n) is 2.08. The summed E-state index contributed by atoms with van der Waals surface area (Å²) >= 11 is 0. The number of nitrogens with zero attached hydrogens (tertiary/aromatic N) is 2. The van der Waals surface area contributed by atoms with Crippen molar-refractivity contribution in [1.82, 2.24) is 15.4 Å². The fraction of sp³-hybridized carbons (Fsp3) is 0.533. The number of aliphatic imine (C=N–C) groups is 1. The van der Waals surface area contributed by atoms with E-state index in [0.717, 1.165) is 19.2 Å². The van der Waals surface area contributed by atoms with E-state index in [2.05, 4.69) is 20.3 Å². The average molecular weight is 369 g/mol. The van der Waals surface area contributed by atoms with Gasteiger partial charge in [-0.15, -0.1) is 0 Å². The molecule has 0 saturated heterocycles. The lowest BCUT2D eigenvalue weighted by Crippen LogP contribution is -2.41. The molecule has 0 aromatic heterocycles. The molecule has 1 aromatic rings. The van der Waals surface area contributed by atoms with E-state index in [9.17, 15) is 18.5 Å². The Kier molecular flexibility index (Phi) is 6.71. The van der Waals surface area contributed by atoms with Crippen LogP contribution in [0.1, 0.15) is 19.8 Å². The summed E-state index contributed by atoms with van der Waals surface area (Å²) in [6.45, 7) is 3.94. The molecular weight excluding hydrogens is 346 g/mol. The van der Waals surface area contributed by atoms with Crippen LogP contribution < -0.4 is 15.4 Å². The van der Waals surface area contributed by atoms with Crippen molar-refractivity contribution in [2.24, 2.45) is 10.9 Å². The summed E-state index contributed by atoms with van der Waals surface area (Å²) in [5, 5.41) is 16.9. The van der Waals surface area contributed by atoms with Crippen LogP contribution in [0.2, 0.25) is 0 Å². The van der Waals surface area contributed by atoms with E-state index in [4.69, 9.17) is 0 Å². The molecule has 0 bridgehead atoms. The number of rotatable bonds is 9. The summed E-state index contributed by atoms with van der Waals surface area (Å²) in [4.78, 5) is 14.4. The van der Waals surface area contributed by atoms with Crippen LogP contribution in [-0.4, -0.2) is 45.5 Å². The highest BCUT2D eigenvalue weighted by Crippen LogP contribution is 2.28. The van der Waals surface area contributed by atoms with E-state index in [1.165, 1.54) is 31.0 Å². The maximum atomic E-state index is 12.2. The Labute approximate surface area is 147 Å². The van der Waals surface area contributed by atoms with Crippen molar-refractivity contribution in [3.8, 4) is 0 Å². The first-order valence-corrected chi connectivity index (χ1v) is 9.67. The second kappa shape index (κ2) is 8.77. The third-order valence-electron chi connectivity index (χ3n) is 3.60. The third-order valence-corrected chi connectivity index (χ3v) is 5.06. The first-order valence-electron chi connectivity index (χ1n) is 8.18. The van der Waals surface area contributed by atoms with Gasteiger partial charge in [-0.3, -0.25) is 15.1 Å². The predicted molar refractivity (Wildman–Crippen MR) is 95.0 cm³/mol. The minimum absolute atomic E-state index is 0.129. The zero-order valence-corrected chi connectivity index (χ0v) is 14.9. The zero-order valence-electron chi connectivity index (χ0n) is 14.1. The molecule has 0 aliphatic heterocycles. The molecule has 10 heteroatoms. The summed E-state index contributed by atoms with van der Waals surface area (Å²) in [6.07, 6.45) is 2.43. The van der Waals surface area contributed by atoms with Gasteiger partial charge in [-0.2, -0.15) is 0 Å². The Hall–Kier alpha value is -2.20. The summed E-state index contributed by atoms with van der Waals surface area (Å²) in [7, 11) is -3.80. The molecule has 1 saturated carbocycles. The van der Waals surface area contributed by atoms with Gasteiger partial charge in [0.05, 0.1) is 9.82 Å². The Bertz CT molecular complexity index is 731. The van der Waals surface area contributed by atoms with Crippen LogP contribution in [0.4, 0.5) is 5.69 Å². The average Bonchev–Trinajstić information content (AvgIpc) is 3.41. The molecule has 2 rings (SSSR count). The summed E-state index contributed by atoms with van der Waals surface area (Å²) < 4.78 is 26.8. The molecule has 1 aliphatic carbocycles. The van der Waals surface area contributed by atoms with Crippen molar-refractivity contribution in [3.63, 3.8) is 0 Å². The van der Waals surface area contributed by atoms with Crippen molar-refractivity contribution < 1.29 is 13.3 Å². The van der Waals surface area contributed by atoms with E-state index >= 15 is 0 Å². The molecule has 25 heavy (non-hydrogen) atoms. The van der Waals surface area contributed by atoms with Gasteiger partial charge >= 0.3 is 0 Å². The molecule has 0 amide bonds. The van der Waals surface area contributed by atoms with Crippen LogP contribution in [0.5, 0.6) is 0 Å². The number of non-ortho nitro benzene ring substituents is 1. The van der Waals surface area contributed by atoms with Crippen LogP contribution in [0, 0.1) is 16.0 Å². The normalized spacial score (nSPS) is 15.0. The molecule has 9 nitrogen and oxygen atoms in total. The summed E-state index contributed by atoms with van der Waals surface area (Å²) in [5.41, 5.74) is -0.261. The number of sulfonamides is 1. The third kappa shape index (κ3) is 6.31. The van der Waals surface area contributed by atoms with Gasteiger partial charge in [-0.1, -0.05) is 6.07 Å². The first kappa shape index (κ1) is 19.1. The predicted octanol–water partition coefficient (Wildman–Crippen LogP) is 0.838. The smallest absolute Gasteiger partial charge is 0.270 e. The van der Waals surface area contributed by atoms with Crippen LogP contribution in [0.3, 0.4) is 0 Å². The van der Waals surface area contributed by atoms with Gasteiger partial charge < -0.3 is 10.6 Å². The van der Waals surface area contributed by atoms with E-state index in [1.807, 2.05) is 6.92 Å². The number of nitro benzene ring substituents is 1. The van der Waals surface area contributed by atoms with Crippen LogP contribution in [-0.2, 0) is 10.0 Å². The van der Waals surface area contributed by atoms with Gasteiger partial charge in [0, 0.05) is 38.3 Å². The number of benzene rings is 1. The number of guanidine groups is 1. The molecule has 1 fully saturated rings. The van der Waals surface area contributed by atoms with Gasteiger partial charge in [-0.05, 0) is 31.7 Å². The number of nitro groups is 1. The Morgan fingerprint density at radius 1 is 1.32 bits per heavy atom. The maximum Gasteiger partial charge on any atom is 0.270 e. The topological polar surface area (TPSA) is 126 Å². The van der Waals surface area contributed by atoms with Gasteiger partial charge in [-0.25, -0.2) is 13.1 Å². The van der Waals surface area contributed by atoms with Crippen molar-refractivity contribution in [2.75, 3.05) is 26.2 Å². The van der Waals surface area contributed by atoms with E-state index in [-0.39, 0.29) is 17.1 Å². The standard InChI is InChI=1S/C15H23N5O4S/c1-2-16-15(18-11-12-6-7-12)17-8-9-19-25(23,24)14-5-3-4-13(10-14)20(21)22/h3-5,10,12,19H,2,6-9,11H2,1H3,(H2,16,17,18). The van der Waals surface area contributed by atoms with E-state index in [1.54, 1.807) is 0 Å². The summed E-state index contributed by atoms with van der Waals surface area (Å²) in [5.74, 6) is 1.33. The highest BCUT2D eigenvalue weighted by Gasteiger charge is 2.20. The monoisotopic (exact) mass is 369 g/mol. The molecule has 0 radical (unpaired) electrons.